The van der Waals surface area contributed by atoms with E-state index in [1.165, 1.54) is 24.5 Å². The Morgan fingerprint density at radius 1 is 0.966 bits per heavy atom. The molecule has 2 heterocycles. The van der Waals surface area contributed by atoms with Gasteiger partial charge in [-0.2, -0.15) is 0 Å². The lowest BCUT2D eigenvalue weighted by Gasteiger charge is -2.39. The minimum Gasteiger partial charge on any atom is -0.463 e. The third kappa shape index (κ3) is 3.64. The second-order valence-corrected chi connectivity index (χ2v) is 6.82. The van der Waals surface area contributed by atoms with Crippen LogP contribution in [0.15, 0.2) is 64.0 Å². The molecule has 1 saturated heterocycles. The predicted molar refractivity (Wildman–Crippen MR) is 102 cm³/mol. The number of rotatable bonds is 4. The molecule has 1 aromatic heterocycles. The molecule has 8 nitrogen and oxygen atoms in total. The quantitative estimate of drug-likeness (QED) is 0.502. The molecule has 0 saturated carbocycles. The van der Waals surface area contributed by atoms with E-state index in [9.17, 15) is 25.2 Å². The van der Waals surface area contributed by atoms with Gasteiger partial charge in [-0.25, -0.2) is 0 Å². The van der Waals surface area contributed by atoms with Crippen molar-refractivity contribution in [3.05, 3.63) is 65.0 Å². The molecule has 152 valence electrons. The van der Waals surface area contributed by atoms with Crippen LogP contribution in [0.5, 0.6) is 5.75 Å². The molecule has 0 aliphatic carbocycles. The summed E-state index contributed by atoms with van der Waals surface area (Å²) in [6.07, 6.45) is -5.57. The van der Waals surface area contributed by atoms with E-state index in [-0.39, 0.29) is 16.8 Å². The van der Waals surface area contributed by atoms with Gasteiger partial charge in [0.2, 0.25) is 6.29 Å². The molecule has 29 heavy (non-hydrogen) atoms. The summed E-state index contributed by atoms with van der Waals surface area (Å²) < 4.78 is 16.5. The zero-order chi connectivity index (χ0) is 20.5. The summed E-state index contributed by atoms with van der Waals surface area (Å²) in [4.78, 5) is 12.8. The lowest BCUT2D eigenvalue weighted by molar-refractivity contribution is -0.277. The Hall–Kier alpha value is -2.75. The van der Waals surface area contributed by atoms with Crippen LogP contribution in [-0.4, -0.2) is 57.7 Å². The van der Waals surface area contributed by atoms with Crippen LogP contribution in [0, 0.1) is 0 Å². The molecule has 1 aliphatic heterocycles. The summed E-state index contributed by atoms with van der Waals surface area (Å²) in [5.74, 6) is 0.220. The first-order valence-corrected chi connectivity index (χ1v) is 9.07. The van der Waals surface area contributed by atoms with Gasteiger partial charge in [0.05, 0.1) is 17.6 Å². The average molecular weight is 400 g/mol. The van der Waals surface area contributed by atoms with Crippen LogP contribution < -0.4 is 10.2 Å². The Labute approximate surface area is 165 Å². The van der Waals surface area contributed by atoms with Gasteiger partial charge in [0.25, 0.3) is 0 Å². The molecule has 0 spiro atoms. The fraction of sp³-hybridized carbons (Fsp3) is 0.286. The topological polar surface area (TPSA) is 130 Å². The van der Waals surface area contributed by atoms with E-state index in [0.29, 0.717) is 10.9 Å². The smallest absolute Gasteiger partial charge is 0.229 e. The first-order chi connectivity index (χ1) is 14.0. The number of aliphatic hydroxyl groups is 4. The van der Waals surface area contributed by atoms with Crippen LogP contribution in [0.3, 0.4) is 0 Å². The highest BCUT2D eigenvalue weighted by Crippen LogP contribution is 2.27. The normalized spacial score (nSPS) is 27.1. The van der Waals surface area contributed by atoms with E-state index >= 15 is 0 Å². The number of aliphatic hydroxyl groups excluding tert-OH is 4. The molecule has 0 bridgehead atoms. The van der Waals surface area contributed by atoms with Crippen molar-refractivity contribution in [2.75, 3.05) is 6.61 Å². The molecule has 4 N–H and O–H groups in total. The number of fused-ring (bicyclic) bond motifs is 1. The van der Waals surface area contributed by atoms with Crippen LogP contribution in [0.25, 0.3) is 22.1 Å². The Bertz CT molecular complexity index is 1050. The minimum atomic E-state index is -1.54. The highest BCUT2D eigenvalue weighted by molar-refractivity contribution is 5.82. The van der Waals surface area contributed by atoms with Gasteiger partial charge in [-0.15, -0.1) is 0 Å². The SMILES string of the molecule is O=c1c(-c2ccccc2)coc2cc(O[C@@H]3O[C@H](CO)[C@@H](O)[C@H](O)[C@H]3O)ccc12. The number of hydrogen-bond acceptors (Lipinski definition) is 8. The number of ether oxygens (including phenoxy) is 2. The van der Waals surface area contributed by atoms with Crippen molar-refractivity contribution in [1.29, 1.82) is 0 Å². The Morgan fingerprint density at radius 2 is 1.72 bits per heavy atom. The lowest BCUT2D eigenvalue weighted by atomic mass is 9.99. The van der Waals surface area contributed by atoms with Crippen molar-refractivity contribution >= 4 is 11.0 Å². The van der Waals surface area contributed by atoms with Gasteiger partial charge in [-0.05, 0) is 17.7 Å². The Kier molecular flexibility index (Phi) is 5.35. The predicted octanol–water partition coefficient (Wildman–Crippen LogP) is 0.639. The van der Waals surface area contributed by atoms with Crippen molar-refractivity contribution in [3.8, 4) is 16.9 Å². The van der Waals surface area contributed by atoms with E-state index in [0.717, 1.165) is 5.56 Å². The van der Waals surface area contributed by atoms with Crippen LogP contribution in [0.4, 0.5) is 0 Å². The van der Waals surface area contributed by atoms with E-state index in [1.807, 2.05) is 30.3 Å². The summed E-state index contributed by atoms with van der Waals surface area (Å²) >= 11 is 0. The second-order valence-electron chi connectivity index (χ2n) is 6.82. The molecule has 1 aliphatic rings. The molecular formula is C21H20O8. The van der Waals surface area contributed by atoms with Crippen molar-refractivity contribution in [1.82, 2.24) is 0 Å². The van der Waals surface area contributed by atoms with E-state index in [2.05, 4.69) is 0 Å². The van der Waals surface area contributed by atoms with Crippen molar-refractivity contribution in [3.63, 3.8) is 0 Å². The van der Waals surface area contributed by atoms with Crippen LogP contribution in [0.1, 0.15) is 0 Å². The molecule has 8 heteroatoms. The van der Waals surface area contributed by atoms with Gasteiger partial charge in [0.15, 0.2) is 5.43 Å². The van der Waals surface area contributed by atoms with Gasteiger partial charge in [-0.3, -0.25) is 4.79 Å². The fourth-order valence-corrected chi connectivity index (χ4v) is 3.30. The number of benzene rings is 2. The van der Waals surface area contributed by atoms with Crippen molar-refractivity contribution in [2.24, 2.45) is 0 Å². The first kappa shape index (κ1) is 19.6. The maximum Gasteiger partial charge on any atom is 0.229 e. The van der Waals surface area contributed by atoms with Crippen molar-refractivity contribution in [2.45, 2.75) is 30.7 Å². The van der Waals surface area contributed by atoms with Gasteiger partial charge in [-0.1, -0.05) is 30.3 Å². The summed E-state index contributed by atoms with van der Waals surface area (Å²) in [6, 6.07) is 13.7. The van der Waals surface area contributed by atoms with Gasteiger partial charge in [0, 0.05) is 6.07 Å². The van der Waals surface area contributed by atoms with E-state index < -0.39 is 37.3 Å². The number of hydrogen-bond donors (Lipinski definition) is 4. The molecule has 5 atom stereocenters. The standard InChI is InChI=1S/C21H20O8/c22-9-16-18(24)19(25)20(26)21(29-16)28-12-6-7-13-15(8-12)27-10-14(17(13)23)11-4-2-1-3-5-11/h1-8,10,16,18-22,24-26H,9H2/t16-,18-,19+,20-,21-/m1/s1. The Balaban J connectivity index is 1.62. The molecule has 0 amide bonds. The van der Waals surface area contributed by atoms with Crippen molar-refractivity contribution < 1.29 is 34.3 Å². The minimum absolute atomic E-state index is 0.197. The molecule has 0 radical (unpaired) electrons. The molecule has 2 aromatic carbocycles. The second kappa shape index (κ2) is 7.94. The highest BCUT2D eigenvalue weighted by Gasteiger charge is 2.44. The van der Waals surface area contributed by atoms with Crippen LogP contribution in [-0.2, 0) is 4.74 Å². The molecule has 4 rings (SSSR count). The molecular weight excluding hydrogens is 380 g/mol. The van der Waals surface area contributed by atoms with Crippen LogP contribution in [0.2, 0.25) is 0 Å². The van der Waals surface area contributed by atoms with Gasteiger partial charge in [0.1, 0.15) is 42.0 Å². The van der Waals surface area contributed by atoms with Crippen LogP contribution >= 0.6 is 0 Å². The highest BCUT2D eigenvalue weighted by atomic mass is 16.7. The first-order valence-electron chi connectivity index (χ1n) is 9.07. The summed E-state index contributed by atoms with van der Waals surface area (Å²) in [5, 5.41) is 39.4. The van der Waals surface area contributed by atoms with E-state index in [1.54, 1.807) is 0 Å². The maximum atomic E-state index is 12.8. The fourth-order valence-electron chi connectivity index (χ4n) is 3.30. The molecule has 3 aromatic rings. The summed E-state index contributed by atoms with van der Waals surface area (Å²) in [5.41, 5.74) is 1.25. The lowest BCUT2D eigenvalue weighted by Crippen LogP contribution is -2.60. The maximum absolute atomic E-state index is 12.8. The van der Waals surface area contributed by atoms with E-state index in [4.69, 9.17) is 13.9 Å². The third-order valence-corrected chi connectivity index (χ3v) is 4.93. The summed E-state index contributed by atoms with van der Waals surface area (Å²) in [6.45, 7) is -0.556. The molecule has 0 unspecified atom stereocenters. The Morgan fingerprint density at radius 3 is 2.45 bits per heavy atom. The monoisotopic (exact) mass is 400 g/mol. The molecule has 1 fully saturated rings. The average Bonchev–Trinajstić information content (AvgIpc) is 2.75. The third-order valence-electron chi connectivity index (χ3n) is 4.93. The zero-order valence-electron chi connectivity index (χ0n) is 15.2. The summed E-state index contributed by atoms with van der Waals surface area (Å²) in [7, 11) is 0. The largest absolute Gasteiger partial charge is 0.463 e. The van der Waals surface area contributed by atoms with Gasteiger partial charge < -0.3 is 34.3 Å². The van der Waals surface area contributed by atoms with Gasteiger partial charge >= 0.3 is 0 Å². The zero-order valence-corrected chi connectivity index (χ0v) is 15.2.